The van der Waals surface area contributed by atoms with Crippen LogP contribution in [0.5, 0.6) is 0 Å². The quantitative estimate of drug-likeness (QED) is 0.537. The van der Waals surface area contributed by atoms with Gasteiger partial charge in [-0.25, -0.2) is 0 Å². The van der Waals surface area contributed by atoms with Crippen molar-refractivity contribution in [1.82, 2.24) is 4.98 Å². The molecule has 2 aliphatic rings. The Morgan fingerprint density at radius 3 is 3.08 bits per heavy atom. The zero-order valence-corrected chi connectivity index (χ0v) is 7.12. The van der Waals surface area contributed by atoms with E-state index in [0.717, 1.165) is 11.8 Å². The van der Waals surface area contributed by atoms with Crippen LogP contribution in [0.3, 0.4) is 0 Å². The summed E-state index contributed by atoms with van der Waals surface area (Å²) >= 11 is 0. The molecule has 1 saturated carbocycles. The predicted molar refractivity (Wildman–Crippen MR) is 48.8 cm³/mol. The number of rotatable bonds is 0. The number of pyridine rings is 1. The van der Waals surface area contributed by atoms with Crippen LogP contribution in [0, 0.1) is 18.8 Å². The van der Waals surface area contributed by atoms with Gasteiger partial charge in [0.05, 0.1) is 5.35 Å². The summed E-state index contributed by atoms with van der Waals surface area (Å²) in [7, 11) is 0. The van der Waals surface area contributed by atoms with Gasteiger partial charge in [0.2, 0.25) is 0 Å². The van der Waals surface area contributed by atoms with Crippen LogP contribution < -0.4 is 10.6 Å². The summed E-state index contributed by atoms with van der Waals surface area (Å²) in [6, 6.07) is 2.23. The summed E-state index contributed by atoms with van der Waals surface area (Å²) in [4.78, 5) is 4.41. The zero-order valence-electron chi connectivity index (χ0n) is 7.12. The van der Waals surface area contributed by atoms with E-state index < -0.39 is 0 Å². The Kier molecular flexibility index (Phi) is 1.06. The molecule has 0 spiro atoms. The minimum atomic E-state index is 0.813. The fraction of sp³-hybridized carbons (Fsp3) is 0.364. The average molecular weight is 157 g/mol. The summed E-state index contributed by atoms with van der Waals surface area (Å²) in [6.45, 7) is 2.10. The van der Waals surface area contributed by atoms with E-state index >= 15 is 0 Å². The SMILES string of the molecule is Cc1cnc2c(c1)=CC1CC1C=2. The molecule has 60 valence electrons. The van der Waals surface area contributed by atoms with E-state index in [9.17, 15) is 0 Å². The normalized spacial score (nSPS) is 29.4. The highest BCUT2D eigenvalue weighted by Gasteiger charge is 2.34. The summed E-state index contributed by atoms with van der Waals surface area (Å²) < 4.78 is 0. The first-order valence-electron chi connectivity index (χ1n) is 4.49. The first-order valence-corrected chi connectivity index (χ1v) is 4.49. The first kappa shape index (κ1) is 6.41. The predicted octanol–water partition coefficient (Wildman–Crippen LogP) is 0.601. The Morgan fingerprint density at radius 2 is 2.17 bits per heavy atom. The average Bonchev–Trinajstić information content (AvgIpc) is 2.77. The van der Waals surface area contributed by atoms with Gasteiger partial charge in [0.15, 0.2) is 0 Å². The van der Waals surface area contributed by atoms with Crippen molar-refractivity contribution in [1.29, 1.82) is 0 Å². The first-order chi connectivity index (χ1) is 5.83. The van der Waals surface area contributed by atoms with Crippen molar-refractivity contribution >= 4 is 12.2 Å². The molecular formula is C11H11N. The van der Waals surface area contributed by atoms with E-state index in [2.05, 4.69) is 30.1 Å². The number of aromatic nitrogens is 1. The maximum Gasteiger partial charge on any atom is 0.0662 e. The van der Waals surface area contributed by atoms with E-state index in [0.29, 0.717) is 0 Å². The standard InChI is InChI=1S/C11H11N/c1-7-2-10-4-8-3-9(8)5-11(10)12-6-7/h2,4-6,8-9H,3H2,1H3. The van der Waals surface area contributed by atoms with Gasteiger partial charge in [0.1, 0.15) is 0 Å². The lowest BCUT2D eigenvalue weighted by molar-refractivity contribution is 1.03. The lowest BCUT2D eigenvalue weighted by atomic mass is 10.1. The minimum absolute atomic E-state index is 0.813. The van der Waals surface area contributed by atoms with Crippen molar-refractivity contribution < 1.29 is 0 Å². The van der Waals surface area contributed by atoms with Gasteiger partial charge in [-0.1, -0.05) is 12.2 Å². The van der Waals surface area contributed by atoms with Gasteiger partial charge < -0.3 is 0 Å². The largest absolute Gasteiger partial charge is 0.256 e. The third-order valence-electron chi connectivity index (χ3n) is 2.74. The fourth-order valence-electron chi connectivity index (χ4n) is 1.93. The highest BCUT2D eigenvalue weighted by atomic mass is 14.6. The van der Waals surface area contributed by atoms with Crippen LogP contribution in [0.15, 0.2) is 12.3 Å². The van der Waals surface area contributed by atoms with Crippen LogP contribution >= 0.6 is 0 Å². The van der Waals surface area contributed by atoms with Gasteiger partial charge >= 0.3 is 0 Å². The smallest absolute Gasteiger partial charge is 0.0662 e. The zero-order chi connectivity index (χ0) is 8.13. The van der Waals surface area contributed by atoms with Crippen molar-refractivity contribution in [3.63, 3.8) is 0 Å². The maximum absolute atomic E-state index is 4.41. The fourth-order valence-corrected chi connectivity index (χ4v) is 1.93. The Bertz CT molecular complexity index is 445. The van der Waals surface area contributed by atoms with Gasteiger partial charge in [-0.15, -0.1) is 0 Å². The monoisotopic (exact) mass is 157 g/mol. The molecule has 2 aliphatic carbocycles. The van der Waals surface area contributed by atoms with Gasteiger partial charge in [-0.2, -0.15) is 0 Å². The van der Waals surface area contributed by atoms with Gasteiger partial charge in [0, 0.05) is 6.20 Å². The second kappa shape index (κ2) is 1.98. The molecule has 0 aliphatic heterocycles. The van der Waals surface area contributed by atoms with Crippen LogP contribution in [-0.4, -0.2) is 4.98 Å². The minimum Gasteiger partial charge on any atom is -0.256 e. The van der Waals surface area contributed by atoms with E-state index in [-0.39, 0.29) is 0 Å². The molecule has 0 radical (unpaired) electrons. The molecule has 12 heavy (non-hydrogen) atoms. The molecule has 2 atom stereocenters. The number of aryl methyl sites for hydroxylation is 1. The number of nitrogens with zero attached hydrogens (tertiary/aromatic N) is 1. The van der Waals surface area contributed by atoms with E-state index in [4.69, 9.17) is 0 Å². The summed E-state index contributed by atoms with van der Waals surface area (Å²) in [6.07, 6.45) is 7.99. The molecule has 1 nitrogen and oxygen atoms in total. The molecule has 0 bridgehead atoms. The second-order valence-electron chi connectivity index (χ2n) is 3.88. The van der Waals surface area contributed by atoms with Crippen LogP contribution in [0.1, 0.15) is 12.0 Å². The third kappa shape index (κ3) is 0.826. The Balaban J connectivity index is 2.37. The number of hydrogen-bond acceptors (Lipinski definition) is 1. The topological polar surface area (TPSA) is 12.9 Å². The lowest BCUT2D eigenvalue weighted by Crippen LogP contribution is -2.30. The molecule has 1 aromatic rings. The Hall–Kier alpha value is -1.11. The molecule has 0 N–H and O–H groups in total. The molecule has 1 heterocycles. The lowest BCUT2D eigenvalue weighted by Gasteiger charge is -1.98. The number of hydrogen-bond donors (Lipinski definition) is 0. The van der Waals surface area contributed by atoms with Crippen molar-refractivity contribution in [2.45, 2.75) is 13.3 Å². The highest BCUT2D eigenvalue weighted by Crippen LogP contribution is 2.41. The van der Waals surface area contributed by atoms with E-state index in [1.54, 1.807) is 0 Å². The highest BCUT2D eigenvalue weighted by molar-refractivity contribution is 5.48. The molecule has 1 aromatic heterocycles. The van der Waals surface area contributed by atoms with Crippen LogP contribution in [0.4, 0.5) is 0 Å². The van der Waals surface area contributed by atoms with Crippen molar-refractivity contribution in [2.24, 2.45) is 11.8 Å². The van der Waals surface area contributed by atoms with E-state index in [1.807, 2.05) is 6.20 Å². The van der Waals surface area contributed by atoms with Crippen LogP contribution in [0.25, 0.3) is 12.2 Å². The molecule has 0 amide bonds. The van der Waals surface area contributed by atoms with Gasteiger partial charge in [0.25, 0.3) is 0 Å². The van der Waals surface area contributed by atoms with Gasteiger partial charge in [-0.3, -0.25) is 4.98 Å². The van der Waals surface area contributed by atoms with Crippen LogP contribution in [0.2, 0.25) is 0 Å². The molecule has 2 unspecified atom stereocenters. The molecule has 1 heteroatoms. The molecule has 0 aromatic carbocycles. The maximum atomic E-state index is 4.41. The van der Waals surface area contributed by atoms with Crippen molar-refractivity contribution in [3.05, 3.63) is 28.4 Å². The summed E-state index contributed by atoms with van der Waals surface area (Å²) in [5, 5.41) is 2.54. The molecular weight excluding hydrogens is 146 g/mol. The van der Waals surface area contributed by atoms with E-state index in [1.165, 1.54) is 22.6 Å². The summed E-state index contributed by atoms with van der Waals surface area (Å²) in [5.74, 6) is 1.65. The number of fused-ring (bicyclic) bond motifs is 2. The second-order valence-corrected chi connectivity index (χ2v) is 3.88. The molecule has 3 rings (SSSR count). The molecule has 1 fully saturated rings. The van der Waals surface area contributed by atoms with Crippen LogP contribution in [-0.2, 0) is 0 Å². The van der Waals surface area contributed by atoms with Crippen molar-refractivity contribution in [3.8, 4) is 0 Å². The van der Waals surface area contributed by atoms with Crippen molar-refractivity contribution in [2.75, 3.05) is 0 Å². The molecule has 0 saturated heterocycles. The third-order valence-corrected chi connectivity index (χ3v) is 2.74. The Labute approximate surface area is 71.4 Å². The van der Waals surface area contributed by atoms with Gasteiger partial charge in [-0.05, 0) is 42.0 Å². The Morgan fingerprint density at radius 1 is 1.33 bits per heavy atom. The summed E-state index contributed by atoms with van der Waals surface area (Å²) in [5.41, 5.74) is 1.26.